The molecule has 0 spiro atoms. The summed E-state index contributed by atoms with van der Waals surface area (Å²) in [7, 11) is 0. The standard InChI is InChI=1S/C20H23N7O/c1-9-11-4-2-3-5-14(11)26-17(9)16-18(28)12-6-10(8-21)13(22)7-15(12)27-19(16)20(23,24)25/h2-7,26H,8,21-25H2,1H3,(H,27,28). The van der Waals surface area contributed by atoms with Crippen molar-refractivity contribution in [3.8, 4) is 11.3 Å². The minimum absolute atomic E-state index is 0.221. The Labute approximate surface area is 160 Å². The largest absolute Gasteiger partial charge is 0.398 e. The number of nitrogen functional groups attached to an aromatic ring is 1. The summed E-state index contributed by atoms with van der Waals surface area (Å²) in [6, 6.07) is 11.1. The van der Waals surface area contributed by atoms with E-state index in [0.717, 1.165) is 16.5 Å². The smallest absolute Gasteiger partial charge is 0.199 e. The van der Waals surface area contributed by atoms with E-state index in [9.17, 15) is 4.79 Å². The fraction of sp³-hybridized carbons (Fsp3) is 0.150. The summed E-state index contributed by atoms with van der Waals surface area (Å²) in [6.45, 7) is 2.15. The van der Waals surface area contributed by atoms with E-state index in [2.05, 4.69) is 9.97 Å². The number of anilines is 1. The zero-order chi connectivity index (χ0) is 20.2. The maximum absolute atomic E-state index is 13.5. The third-order valence-electron chi connectivity index (χ3n) is 5.13. The highest BCUT2D eigenvalue weighted by Crippen LogP contribution is 2.32. The van der Waals surface area contributed by atoms with Gasteiger partial charge in [0, 0.05) is 28.5 Å². The van der Waals surface area contributed by atoms with Crippen LogP contribution in [0.15, 0.2) is 41.2 Å². The van der Waals surface area contributed by atoms with E-state index < -0.39 is 5.79 Å². The van der Waals surface area contributed by atoms with Gasteiger partial charge < -0.3 is 21.4 Å². The lowest BCUT2D eigenvalue weighted by Gasteiger charge is -2.23. The molecule has 0 amide bonds. The normalized spacial score (nSPS) is 12.2. The van der Waals surface area contributed by atoms with Gasteiger partial charge in [-0.15, -0.1) is 0 Å². The Morgan fingerprint density at radius 3 is 2.36 bits per heavy atom. The number of aromatic amines is 2. The van der Waals surface area contributed by atoms with E-state index in [-0.39, 0.29) is 17.7 Å². The zero-order valence-electron chi connectivity index (χ0n) is 15.5. The van der Waals surface area contributed by atoms with Crippen LogP contribution in [-0.4, -0.2) is 9.97 Å². The van der Waals surface area contributed by atoms with E-state index in [1.807, 2.05) is 31.2 Å². The summed E-state index contributed by atoms with van der Waals surface area (Å²) >= 11 is 0. The van der Waals surface area contributed by atoms with Crippen molar-refractivity contribution in [2.75, 3.05) is 5.73 Å². The number of pyridine rings is 1. The molecule has 0 aliphatic rings. The number of para-hydroxylation sites is 1. The predicted molar refractivity (Wildman–Crippen MR) is 113 cm³/mol. The monoisotopic (exact) mass is 377 g/mol. The molecular formula is C20H23N7O. The van der Waals surface area contributed by atoms with Crippen LogP contribution in [0.5, 0.6) is 0 Å². The number of benzene rings is 2. The molecule has 0 saturated heterocycles. The number of aromatic nitrogens is 2. The second kappa shape index (κ2) is 6.18. The average molecular weight is 377 g/mol. The van der Waals surface area contributed by atoms with Gasteiger partial charge >= 0.3 is 0 Å². The van der Waals surface area contributed by atoms with Gasteiger partial charge in [-0.25, -0.2) is 0 Å². The third kappa shape index (κ3) is 2.67. The maximum atomic E-state index is 13.5. The summed E-state index contributed by atoms with van der Waals surface area (Å²) in [5.41, 5.74) is 34.2. The first kappa shape index (κ1) is 18.2. The van der Waals surface area contributed by atoms with Crippen LogP contribution >= 0.6 is 0 Å². The number of H-pyrrole nitrogens is 2. The van der Waals surface area contributed by atoms with Crippen LogP contribution in [0, 0.1) is 6.92 Å². The predicted octanol–water partition coefficient (Wildman–Crippen LogP) is 1.01. The summed E-state index contributed by atoms with van der Waals surface area (Å²) < 4.78 is 0. The lowest BCUT2D eigenvalue weighted by Crippen LogP contribution is -2.56. The first-order valence-corrected chi connectivity index (χ1v) is 8.85. The number of hydrogen-bond donors (Lipinski definition) is 7. The minimum Gasteiger partial charge on any atom is -0.398 e. The van der Waals surface area contributed by atoms with Gasteiger partial charge in [0.2, 0.25) is 0 Å². The van der Waals surface area contributed by atoms with Gasteiger partial charge in [-0.1, -0.05) is 18.2 Å². The van der Waals surface area contributed by atoms with Crippen molar-refractivity contribution in [2.45, 2.75) is 19.3 Å². The molecule has 0 bridgehead atoms. The van der Waals surface area contributed by atoms with Crippen LogP contribution < -0.4 is 34.1 Å². The van der Waals surface area contributed by atoms with Gasteiger partial charge in [0.1, 0.15) is 0 Å². The quantitative estimate of drug-likeness (QED) is 0.207. The van der Waals surface area contributed by atoms with Crippen molar-refractivity contribution in [3.05, 3.63) is 63.4 Å². The van der Waals surface area contributed by atoms with E-state index in [0.29, 0.717) is 33.4 Å². The van der Waals surface area contributed by atoms with E-state index in [1.54, 1.807) is 12.1 Å². The van der Waals surface area contributed by atoms with Gasteiger partial charge in [-0.2, -0.15) is 0 Å². The number of nitrogens with one attached hydrogen (secondary N) is 2. The molecule has 4 rings (SSSR count). The van der Waals surface area contributed by atoms with Crippen LogP contribution in [0.4, 0.5) is 5.69 Å². The van der Waals surface area contributed by atoms with Crippen LogP contribution in [0.1, 0.15) is 16.8 Å². The highest BCUT2D eigenvalue weighted by molar-refractivity contribution is 5.94. The minimum atomic E-state index is -1.76. The fourth-order valence-electron chi connectivity index (χ4n) is 3.67. The molecule has 2 heterocycles. The zero-order valence-corrected chi connectivity index (χ0v) is 15.5. The number of nitrogens with two attached hydrogens (primary N) is 5. The second-order valence-corrected chi connectivity index (χ2v) is 7.11. The Morgan fingerprint density at radius 2 is 1.71 bits per heavy atom. The molecule has 8 heteroatoms. The lowest BCUT2D eigenvalue weighted by molar-refractivity contribution is 0.475. The van der Waals surface area contributed by atoms with Crippen LogP contribution in [0.2, 0.25) is 0 Å². The molecule has 0 atom stereocenters. The Morgan fingerprint density at radius 1 is 1.00 bits per heavy atom. The molecule has 12 N–H and O–H groups in total. The van der Waals surface area contributed by atoms with Crippen molar-refractivity contribution < 1.29 is 0 Å². The molecule has 0 fully saturated rings. The highest BCUT2D eigenvalue weighted by atomic mass is 16.1. The molecule has 2 aromatic carbocycles. The van der Waals surface area contributed by atoms with E-state index in [1.165, 1.54) is 0 Å². The van der Waals surface area contributed by atoms with Gasteiger partial charge in [-0.05, 0) is 36.2 Å². The Bertz CT molecular complexity index is 1280. The molecule has 0 aliphatic heterocycles. The number of rotatable bonds is 3. The molecule has 0 aliphatic carbocycles. The van der Waals surface area contributed by atoms with Crippen LogP contribution in [0.25, 0.3) is 33.1 Å². The summed E-state index contributed by atoms with van der Waals surface area (Å²) in [5, 5.41) is 1.44. The maximum Gasteiger partial charge on any atom is 0.199 e. The lowest BCUT2D eigenvalue weighted by atomic mass is 9.98. The summed E-state index contributed by atoms with van der Waals surface area (Å²) in [6.07, 6.45) is 0. The molecule has 4 aromatic rings. The molecule has 8 nitrogen and oxygen atoms in total. The molecule has 0 radical (unpaired) electrons. The van der Waals surface area contributed by atoms with Crippen LogP contribution in [0.3, 0.4) is 0 Å². The SMILES string of the molecule is Cc1c(-c2c(C(N)(N)N)[nH]c3cc(N)c(CN)cc3c2=O)[nH]c2ccccc12. The second-order valence-electron chi connectivity index (χ2n) is 7.11. The van der Waals surface area contributed by atoms with Gasteiger partial charge in [-0.3, -0.25) is 22.0 Å². The third-order valence-corrected chi connectivity index (χ3v) is 5.13. The van der Waals surface area contributed by atoms with Crippen molar-refractivity contribution >= 4 is 27.5 Å². The number of aryl methyl sites for hydroxylation is 1. The first-order chi connectivity index (χ1) is 13.2. The summed E-state index contributed by atoms with van der Waals surface area (Å²) in [5.74, 6) is -1.76. The molecule has 0 unspecified atom stereocenters. The Kier molecular flexibility index (Phi) is 4.02. The van der Waals surface area contributed by atoms with Gasteiger partial charge in [0.25, 0.3) is 0 Å². The molecule has 2 aromatic heterocycles. The Balaban J connectivity index is 2.16. The molecule has 28 heavy (non-hydrogen) atoms. The van der Waals surface area contributed by atoms with E-state index in [4.69, 9.17) is 28.7 Å². The number of fused-ring (bicyclic) bond motifs is 2. The van der Waals surface area contributed by atoms with Crippen molar-refractivity contribution in [1.82, 2.24) is 9.97 Å². The first-order valence-electron chi connectivity index (χ1n) is 8.85. The number of hydrogen-bond acceptors (Lipinski definition) is 6. The van der Waals surface area contributed by atoms with E-state index >= 15 is 0 Å². The highest BCUT2D eigenvalue weighted by Gasteiger charge is 2.27. The van der Waals surface area contributed by atoms with Crippen LogP contribution in [-0.2, 0) is 12.3 Å². The fourth-order valence-corrected chi connectivity index (χ4v) is 3.67. The van der Waals surface area contributed by atoms with Gasteiger partial charge in [0.15, 0.2) is 11.2 Å². The topological polar surface area (TPSA) is 179 Å². The Hall–Kier alpha value is -3.17. The van der Waals surface area contributed by atoms with Gasteiger partial charge in [0.05, 0.1) is 22.5 Å². The van der Waals surface area contributed by atoms with Crippen molar-refractivity contribution in [3.63, 3.8) is 0 Å². The average Bonchev–Trinajstić information content (AvgIpc) is 2.97. The molecule has 0 saturated carbocycles. The van der Waals surface area contributed by atoms with Crippen molar-refractivity contribution in [2.24, 2.45) is 22.9 Å². The summed E-state index contributed by atoms with van der Waals surface area (Å²) in [4.78, 5) is 19.9. The van der Waals surface area contributed by atoms with Crippen molar-refractivity contribution in [1.29, 1.82) is 0 Å². The molecular weight excluding hydrogens is 354 g/mol. The molecule has 144 valence electrons.